The average molecular weight is 312 g/mol. The zero-order chi connectivity index (χ0) is 14.8. The molecule has 0 aromatic carbocycles. The minimum atomic E-state index is -3.70. The number of pyridine rings is 1. The Kier molecular flexibility index (Phi) is 4.05. The first-order valence-corrected chi connectivity index (χ1v) is 7.93. The fourth-order valence-corrected chi connectivity index (χ4v) is 3.96. The van der Waals surface area contributed by atoms with E-state index in [1.54, 1.807) is 19.1 Å². The summed E-state index contributed by atoms with van der Waals surface area (Å²) >= 11 is 0.945. The van der Waals surface area contributed by atoms with Crippen LogP contribution in [0.2, 0.25) is 0 Å². The van der Waals surface area contributed by atoms with Crippen LogP contribution >= 0.6 is 11.3 Å². The zero-order valence-corrected chi connectivity index (χ0v) is 12.2. The number of sulfonamides is 1. The number of nitrogens with zero attached hydrogens (tertiary/aromatic N) is 1. The third-order valence-corrected chi connectivity index (χ3v) is 5.33. The Morgan fingerprint density at radius 2 is 2.15 bits per heavy atom. The summed E-state index contributed by atoms with van der Waals surface area (Å²) in [5.41, 5.74) is 1.12. The van der Waals surface area contributed by atoms with Crippen molar-refractivity contribution in [3.63, 3.8) is 0 Å². The third kappa shape index (κ3) is 3.55. The lowest BCUT2D eigenvalue weighted by molar-refractivity contribution is -0.136. The number of aliphatic carboxylic acids is 1. The molecule has 6 nitrogen and oxygen atoms in total. The minimum absolute atomic E-state index is 0.0863. The topological polar surface area (TPSA) is 96.4 Å². The van der Waals surface area contributed by atoms with Gasteiger partial charge in [0.1, 0.15) is 4.21 Å². The number of hydrogen-bond acceptors (Lipinski definition) is 5. The molecule has 0 saturated carbocycles. The van der Waals surface area contributed by atoms with Gasteiger partial charge in [-0.15, -0.1) is 11.3 Å². The molecule has 0 spiro atoms. The molecule has 2 rings (SSSR count). The Morgan fingerprint density at radius 1 is 1.40 bits per heavy atom. The van der Waals surface area contributed by atoms with Crippen molar-refractivity contribution in [1.29, 1.82) is 0 Å². The summed E-state index contributed by atoms with van der Waals surface area (Å²) in [6, 6.07) is 6.07. The monoisotopic (exact) mass is 312 g/mol. The maximum Gasteiger partial charge on any atom is 0.308 e. The van der Waals surface area contributed by atoms with Crippen LogP contribution in [0.15, 0.2) is 34.7 Å². The number of carboxylic acids is 1. The van der Waals surface area contributed by atoms with Gasteiger partial charge < -0.3 is 5.11 Å². The smallest absolute Gasteiger partial charge is 0.308 e. The molecule has 2 heterocycles. The predicted molar refractivity (Wildman–Crippen MR) is 75.4 cm³/mol. The molecule has 0 aliphatic carbocycles. The van der Waals surface area contributed by atoms with Crippen molar-refractivity contribution in [2.45, 2.75) is 17.6 Å². The van der Waals surface area contributed by atoms with E-state index in [0.717, 1.165) is 11.3 Å². The normalized spacial score (nSPS) is 11.2. The summed E-state index contributed by atoms with van der Waals surface area (Å²) in [4.78, 5) is 15.1. The lowest BCUT2D eigenvalue weighted by Crippen LogP contribution is -2.11. The van der Waals surface area contributed by atoms with Crippen LogP contribution in [0.1, 0.15) is 10.6 Å². The second-order valence-electron chi connectivity index (χ2n) is 4.08. The summed E-state index contributed by atoms with van der Waals surface area (Å²) in [6.07, 6.45) is 1.33. The van der Waals surface area contributed by atoms with Gasteiger partial charge in [-0.3, -0.25) is 14.5 Å². The van der Waals surface area contributed by atoms with Crippen LogP contribution in [0.5, 0.6) is 0 Å². The van der Waals surface area contributed by atoms with E-state index >= 15 is 0 Å². The van der Waals surface area contributed by atoms with Crippen molar-refractivity contribution in [3.05, 3.63) is 41.0 Å². The highest BCUT2D eigenvalue weighted by atomic mass is 32.2. The lowest BCUT2D eigenvalue weighted by Gasteiger charge is -2.06. The van der Waals surface area contributed by atoms with Gasteiger partial charge in [0.25, 0.3) is 10.0 Å². The van der Waals surface area contributed by atoms with E-state index in [-0.39, 0.29) is 10.6 Å². The number of carboxylic acid groups (broad SMARTS) is 1. The van der Waals surface area contributed by atoms with Crippen LogP contribution in [0, 0.1) is 6.92 Å². The number of thiophene rings is 1. The molecule has 106 valence electrons. The molecule has 0 bridgehead atoms. The molecule has 0 fully saturated rings. The van der Waals surface area contributed by atoms with Crippen LogP contribution < -0.4 is 4.72 Å². The van der Waals surface area contributed by atoms with E-state index in [9.17, 15) is 13.2 Å². The third-order valence-electron chi connectivity index (χ3n) is 2.38. The van der Waals surface area contributed by atoms with Gasteiger partial charge in [0.05, 0.1) is 12.1 Å². The van der Waals surface area contributed by atoms with Crippen LogP contribution in [0.3, 0.4) is 0 Å². The largest absolute Gasteiger partial charge is 0.481 e. The molecule has 0 saturated heterocycles. The summed E-state index contributed by atoms with van der Waals surface area (Å²) in [5, 5.41) is 8.68. The zero-order valence-electron chi connectivity index (χ0n) is 10.5. The number of anilines is 1. The number of hydrogen-bond donors (Lipinski definition) is 2. The Balaban J connectivity index is 2.22. The van der Waals surface area contributed by atoms with Gasteiger partial charge in [-0.05, 0) is 31.2 Å². The van der Waals surface area contributed by atoms with Crippen molar-refractivity contribution in [2.24, 2.45) is 0 Å². The van der Waals surface area contributed by atoms with Crippen LogP contribution in [0.25, 0.3) is 0 Å². The highest BCUT2D eigenvalue weighted by Gasteiger charge is 2.17. The van der Waals surface area contributed by atoms with Crippen molar-refractivity contribution in [1.82, 2.24) is 4.98 Å². The first kappa shape index (κ1) is 14.5. The van der Waals surface area contributed by atoms with Gasteiger partial charge in [0, 0.05) is 16.8 Å². The fraction of sp³-hybridized carbons (Fsp3) is 0.167. The number of nitrogens with one attached hydrogen (secondary N) is 1. The minimum Gasteiger partial charge on any atom is -0.481 e. The van der Waals surface area contributed by atoms with Crippen LogP contribution in [-0.2, 0) is 21.2 Å². The molecule has 2 aromatic heterocycles. The van der Waals surface area contributed by atoms with Crippen molar-refractivity contribution in [3.8, 4) is 0 Å². The Morgan fingerprint density at radius 3 is 2.80 bits per heavy atom. The van der Waals surface area contributed by atoms with E-state index in [1.807, 2.05) is 0 Å². The summed E-state index contributed by atoms with van der Waals surface area (Å²) in [5.74, 6) is -0.992. The maximum absolute atomic E-state index is 12.1. The molecule has 8 heteroatoms. The molecule has 0 aliphatic rings. The molecule has 20 heavy (non-hydrogen) atoms. The SMILES string of the molecule is Cc1cc(NS(=O)(=O)c2ccc(CC(=O)O)s2)ccn1. The van der Waals surface area contributed by atoms with Gasteiger partial charge >= 0.3 is 5.97 Å². The molecule has 0 atom stereocenters. The van der Waals surface area contributed by atoms with Crippen LogP contribution in [0.4, 0.5) is 5.69 Å². The molecule has 2 aromatic rings. The fourth-order valence-electron chi connectivity index (χ4n) is 1.56. The molecular weight excluding hydrogens is 300 g/mol. The molecule has 0 unspecified atom stereocenters. The molecular formula is C12H12N2O4S2. The highest BCUT2D eigenvalue weighted by molar-refractivity contribution is 7.94. The number of rotatable bonds is 5. The van der Waals surface area contributed by atoms with Gasteiger partial charge in [-0.1, -0.05) is 0 Å². The highest BCUT2D eigenvalue weighted by Crippen LogP contribution is 2.24. The van der Waals surface area contributed by atoms with E-state index in [0.29, 0.717) is 16.3 Å². The lowest BCUT2D eigenvalue weighted by atomic mass is 10.3. The second-order valence-corrected chi connectivity index (χ2v) is 7.16. The second kappa shape index (κ2) is 5.59. The van der Waals surface area contributed by atoms with Crippen LogP contribution in [-0.4, -0.2) is 24.5 Å². The number of carbonyl (C=O) groups is 1. The maximum atomic E-state index is 12.1. The Bertz CT molecular complexity index is 737. The molecule has 0 radical (unpaired) electrons. The predicted octanol–water partition coefficient (Wildman–Crippen LogP) is 1.88. The Labute approximate surface area is 120 Å². The van der Waals surface area contributed by atoms with E-state index in [1.165, 1.54) is 18.3 Å². The summed E-state index contributed by atoms with van der Waals surface area (Å²) in [6.45, 7) is 1.76. The molecule has 0 amide bonds. The van der Waals surface area contributed by atoms with Gasteiger partial charge in [0.2, 0.25) is 0 Å². The molecule has 0 aliphatic heterocycles. The van der Waals surface area contributed by atoms with Crippen molar-refractivity contribution < 1.29 is 18.3 Å². The standard InChI is InChI=1S/C12H12N2O4S2/c1-8-6-9(4-5-13-8)14-20(17,18)12-3-2-10(19-12)7-11(15)16/h2-6H,7H2,1H3,(H,13,14)(H,15,16). The Hall–Kier alpha value is -1.93. The first-order valence-electron chi connectivity index (χ1n) is 5.63. The molecule has 2 N–H and O–H groups in total. The average Bonchev–Trinajstić information content (AvgIpc) is 2.76. The van der Waals surface area contributed by atoms with Gasteiger partial charge in [-0.2, -0.15) is 0 Å². The van der Waals surface area contributed by atoms with E-state index in [2.05, 4.69) is 9.71 Å². The quantitative estimate of drug-likeness (QED) is 0.878. The van der Waals surface area contributed by atoms with Crippen molar-refractivity contribution in [2.75, 3.05) is 4.72 Å². The van der Waals surface area contributed by atoms with Gasteiger partial charge in [0.15, 0.2) is 0 Å². The number of aromatic nitrogens is 1. The summed E-state index contributed by atoms with van der Waals surface area (Å²) < 4.78 is 26.8. The van der Waals surface area contributed by atoms with Gasteiger partial charge in [-0.25, -0.2) is 8.42 Å². The van der Waals surface area contributed by atoms with E-state index in [4.69, 9.17) is 5.11 Å². The first-order chi connectivity index (χ1) is 9.37. The van der Waals surface area contributed by atoms with Crippen molar-refractivity contribution >= 4 is 33.0 Å². The summed E-state index contributed by atoms with van der Waals surface area (Å²) in [7, 11) is -3.70. The number of aryl methyl sites for hydroxylation is 1. The van der Waals surface area contributed by atoms with E-state index < -0.39 is 16.0 Å².